The monoisotopic (exact) mass is 171 g/mol. The van der Waals surface area contributed by atoms with Gasteiger partial charge in [-0.25, -0.2) is 0 Å². The zero-order valence-electron chi connectivity index (χ0n) is 8.51. The molecule has 1 atom stereocenters. The molecule has 1 aliphatic heterocycles. The van der Waals surface area contributed by atoms with E-state index in [2.05, 4.69) is 36.3 Å². The summed E-state index contributed by atoms with van der Waals surface area (Å²) in [5, 5.41) is 3.56. The molecule has 0 saturated carbocycles. The van der Waals surface area contributed by atoms with Gasteiger partial charge in [-0.05, 0) is 34.1 Å². The summed E-state index contributed by atoms with van der Waals surface area (Å²) in [6.45, 7) is 4.72. The van der Waals surface area contributed by atoms with E-state index in [1.54, 1.807) is 0 Å². The fraction of sp³-hybridized carbons (Fsp3) is 1.00. The van der Waals surface area contributed by atoms with Crippen LogP contribution >= 0.6 is 0 Å². The third kappa shape index (κ3) is 3.52. The van der Waals surface area contributed by atoms with Gasteiger partial charge in [0.15, 0.2) is 0 Å². The minimum absolute atomic E-state index is 0.731. The first kappa shape index (κ1) is 9.96. The predicted octanol–water partition coefficient (Wildman–Crippen LogP) is -0.158. The Hall–Kier alpha value is -0.120. The number of hydrogen-bond acceptors (Lipinski definition) is 3. The van der Waals surface area contributed by atoms with E-state index in [1.807, 2.05) is 0 Å². The Morgan fingerprint density at radius 3 is 2.75 bits per heavy atom. The summed E-state index contributed by atoms with van der Waals surface area (Å²) in [5.74, 6) is 0. The maximum Gasteiger partial charge on any atom is 0.0207 e. The summed E-state index contributed by atoms with van der Waals surface area (Å²) in [7, 11) is 6.42. The molecule has 3 heteroatoms. The van der Waals surface area contributed by atoms with E-state index in [0.29, 0.717) is 0 Å². The Balaban J connectivity index is 2.00. The highest BCUT2D eigenvalue weighted by Gasteiger charge is 2.17. The van der Waals surface area contributed by atoms with Gasteiger partial charge in [0.25, 0.3) is 0 Å². The molecule has 0 aromatic rings. The Bertz CT molecular complexity index is 125. The van der Waals surface area contributed by atoms with Crippen LogP contribution < -0.4 is 5.32 Å². The lowest BCUT2D eigenvalue weighted by Crippen LogP contribution is -2.36. The number of likely N-dealkylation sites (N-methyl/N-ethyl adjacent to an activating group) is 2. The van der Waals surface area contributed by atoms with Gasteiger partial charge in [-0.1, -0.05) is 0 Å². The van der Waals surface area contributed by atoms with Crippen LogP contribution in [-0.4, -0.2) is 63.2 Å². The normalized spacial score (nSPS) is 25.5. The lowest BCUT2D eigenvalue weighted by molar-refractivity contribution is 0.370. The molecule has 0 aliphatic carbocycles. The van der Waals surface area contributed by atoms with Gasteiger partial charge in [-0.3, -0.25) is 0 Å². The first-order valence-corrected chi connectivity index (χ1v) is 4.75. The standard InChI is InChI=1S/C9H21N3/c1-11(2)7-5-10-9-4-6-12(3)8-9/h9-10H,4-8H2,1-3H3. The minimum atomic E-state index is 0.731. The van der Waals surface area contributed by atoms with E-state index in [-0.39, 0.29) is 0 Å². The van der Waals surface area contributed by atoms with Crippen molar-refractivity contribution in [2.45, 2.75) is 12.5 Å². The molecule has 72 valence electrons. The molecular formula is C9H21N3. The van der Waals surface area contributed by atoms with Gasteiger partial charge in [-0.2, -0.15) is 0 Å². The highest BCUT2D eigenvalue weighted by atomic mass is 15.2. The number of likely N-dealkylation sites (tertiary alicyclic amines) is 1. The zero-order valence-corrected chi connectivity index (χ0v) is 8.51. The Kier molecular flexibility index (Phi) is 3.98. The molecule has 0 amide bonds. The molecule has 12 heavy (non-hydrogen) atoms. The summed E-state index contributed by atoms with van der Waals surface area (Å²) in [5.41, 5.74) is 0. The quantitative estimate of drug-likeness (QED) is 0.634. The molecule has 0 bridgehead atoms. The van der Waals surface area contributed by atoms with E-state index in [0.717, 1.165) is 19.1 Å². The summed E-state index contributed by atoms with van der Waals surface area (Å²) >= 11 is 0. The highest BCUT2D eigenvalue weighted by Crippen LogP contribution is 2.05. The van der Waals surface area contributed by atoms with E-state index in [9.17, 15) is 0 Å². The van der Waals surface area contributed by atoms with Crippen molar-refractivity contribution < 1.29 is 0 Å². The maximum absolute atomic E-state index is 3.56. The van der Waals surface area contributed by atoms with Crippen molar-refractivity contribution in [1.82, 2.24) is 15.1 Å². The van der Waals surface area contributed by atoms with E-state index in [1.165, 1.54) is 19.5 Å². The van der Waals surface area contributed by atoms with Gasteiger partial charge >= 0.3 is 0 Å². The van der Waals surface area contributed by atoms with Crippen molar-refractivity contribution in [2.24, 2.45) is 0 Å². The topological polar surface area (TPSA) is 18.5 Å². The maximum atomic E-state index is 3.56. The smallest absolute Gasteiger partial charge is 0.0207 e. The van der Waals surface area contributed by atoms with Crippen molar-refractivity contribution in [1.29, 1.82) is 0 Å². The molecule has 0 radical (unpaired) electrons. The van der Waals surface area contributed by atoms with E-state index in [4.69, 9.17) is 0 Å². The summed E-state index contributed by atoms with van der Waals surface area (Å²) in [6.07, 6.45) is 1.31. The molecule has 1 aliphatic rings. The molecular weight excluding hydrogens is 150 g/mol. The highest BCUT2D eigenvalue weighted by molar-refractivity contribution is 4.78. The van der Waals surface area contributed by atoms with Crippen LogP contribution in [0, 0.1) is 0 Å². The van der Waals surface area contributed by atoms with Gasteiger partial charge in [-0.15, -0.1) is 0 Å². The molecule has 0 spiro atoms. The fourth-order valence-electron chi connectivity index (χ4n) is 1.59. The average Bonchev–Trinajstić information content (AvgIpc) is 2.35. The van der Waals surface area contributed by atoms with Gasteiger partial charge in [0.2, 0.25) is 0 Å². The van der Waals surface area contributed by atoms with Gasteiger partial charge in [0.1, 0.15) is 0 Å². The Morgan fingerprint density at radius 1 is 1.50 bits per heavy atom. The zero-order chi connectivity index (χ0) is 8.97. The molecule has 1 heterocycles. The van der Waals surface area contributed by atoms with Crippen LogP contribution in [0.4, 0.5) is 0 Å². The lowest BCUT2D eigenvalue weighted by atomic mass is 10.2. The number of nitrogens with zero attached hydrogens (tertiary/aromatic N) is 2. The van der Waals surface area contributed by atoms with Gasteiger partial charge in [0, 0.05) is 25.7 Å². The van der Waals surface area contributed by atoms with Crippen LogP contribution in [0.15, 0.2) is 0 Å². The Labute approximate surface area is 75.7 Å². The minimum Gasteiger partial charge on any atom is -0.311 e. The van der Waals surface area contributed by atoms with Gasteiger partial charge in [0.05, 0.1) is 0 Å². The molecule has 1 unspecified atom stereocenters. The van der Waals surface area contributed by atoms with Gasteiger partial charge < -0.3 is 15.1 Å². The first-order valence-electron chi connectivity index (χ1n) is 4.75. The molecule has 1 rings (SSSR count). The van der Waals surface area contributed by atoms with Crippen molar-refractivity contribution in [3.8, 4) is 0 Å². The van der Waals surface area contributed by atoms with E-state index >= 15 is 0 Å². The molecule has 1 saturated heterocycles. The van der Waals surface area contributed by atoms with Crippen LogP contribution in [0.1, 0.15) is 6.42 Å². The predicted molar refractivity (Wildman–Crippen MR) is 52.5 cm³/mol. The van der Waals surface area contributed by atoms with Crippen LogP contribution in [0.25, 0.3) is 0 Å². The third-order valence-corrected chi connectivity index (χ3v) is 2.38. The molecule has 3 nitrogen and oxygen atoms in total. The summed E-state index contributed by atoms with van der Waals surface area (Å²) in [4.78, 5) is 4.60. The second kappa shape index (κ2) is 4.80. The largest absolute Gasteiger partial charge is 0.311 e. The summed E-state index contributed by atoms with van der Waals surface area (Å²) < 4.78 is 0. The SMILES string of the molecule is CN(C)CCNC1CCN(C)C1. The first-order chi connectivity index (χ1) is 5.68. The van der Waals surface area contributed by atoms with Crippen LogP contribution in [0.2, 0.25) is 0 Å². The van der Waals surface area contributed by atoms with Crippen LogP contribution in [0.3, 0.4) is 0 Å². The van der Waals surface area contributed by atoms with Crippen LogP contribution in [-0.2, 0) is 0 Å². The second-order valence-corrected chi connectivity index (χ2v) is 4.01. The second-order valence-electron chi connectivity index (χ2n) is 4.01. The lowest BCUT2D eigenvalue weighted by Gasteiger charge is -2.15. The average molecular weight is 171 g/mol. The number of hydrogen-bond donors (Lipinski definition) is 1. The summed E-state index contributed by atoms with van der Waals surface area (Å²) in [6, 6.07) is 0.731. The third-order valence-electron chi connectivity index (χ3n) is 2.38. The number of rotatable bonds is 4. The van der Waals surface area contributed by atoms with Crippen molar-refractivity contribution >= 4 is 0 Å². The van der Waals surface area contributed by atoms with E-state index < -0.39 is 0 Å². The number of nitrogens with one attached hydrogen (secondary N) is 1. The fourth-order valence-corrected chi connectivity index (χ4v) is 1.59. The van der Waals surface area contributed by atoms with Crippen molar-refractivity contribution in [2.75, 3.05) is 47.3 Å². The van der Waals surface area contributed by atoms with Crippen LogP contribution in [0.5, 0.6) is 0 Å². The van der Waals surface area contributed by atoms with Crippen molar-refractivity contribution in [3.05, 3.63) is 0 Å². The van der Waals surface area contributed by atoms with Crippen molar-refractivity contribution in [3.63, 3.8) is 0 Å². The molecule has 0 aromatic heterocycles. The molecule has 1 N–H and O–H groups in total. The Morgan fingerprint density at radius 2 is 2.25 bits per heavy atom. The molecule has 0 aromatic carbocycles. The molecule has 1 fully saturated rings.